The van der Waals surface area contributed by atoms with Gasteiger partial charge in [0, 0.05) is 32.7 Å². The van der Waals surface area contributed by atoms with Crippen molar-refractivity contribution in [3.63, 3.8) is 0 Å². The number of nitrogens with zero attached hydrogens (tertiary/aromatic N) is 2. The number of thiophene rings is 1. The van der Waals surface area contributed by atoms with Crippen LogP contribution in [0.25, 0.3) is 0 Å². The van der Waals surface area contributed by atoms with Crippen molar-refractivity contribution in [1.82, 2.24) is 15.3 Å². The van der Waals surface area contributed by atoms with E-state index >= 15 is 0 Å². The van der Waals surface area contributed by atoms with Crippen molar-refractivity contribution >= 4 is 27.3 Å². The molecule has 2 rings (SSSR count). The zero-order valence-corrected chi connectivity index (χ0v) is 10.5. The molecule has 15 heavy (non-hydrogen) atoms. The van der Waals surface area contributed by atoms with Gasteiger partial charge in [-0.3, -0.25) is 0 Å². The highest BCUT2D eigenvalue weighted by atomic mass is 79.9. The fraction of sp³-hybridized carbons (Fsp3) is 0.200. The largest absolute Gasteiger partial charge is 0.309 e. The molecule has 5 heteroatoms. The predicted octanol–water partition coefficient (Wildman–Crippen LogP) is 2.61. The van der Waals surface area contributed by atoms with E-state index in [-0.39, 0.29) is 6.04 Å². The summed E-state index contributed by atoms with van der Waals surface area (Å²) in [6.45, 7) is 0. The van der Waals surface area contributed by atoms with Gasteiger partial charge in [-0.2, -0.15) is 0 Å². The van der Waals surface area contributed by atoms with Gasteiger partial charge in [0.2, 0.25) is 0 Å². The molecule has 78 valence electrons. The Hall–Kier alpha value is -0.780. The highest BCUT2D eigenvalue weighted by Crippen LogP contribution is 2.28. The number of hydrogen-bond acceptors (Lipinski definition) is 4. The maximum Gasteiger partial charge on any atom is 0.115 e. The van der Waals surface area contributed by atoms with Gasteiger partial charge in [0.15, 0.2) is 0 Å². The Bertz CT molecular complexity index is 429. The van der Waals surface area contributed by atoms with Gasteiger partial charge in [-0.1, -0.05) is 0 Å². The Morgan fingerprint density at radius 3 is 2.67 bits per heavy atom. The van der Waals surface area contributed by atoms with Crippen molar-refractivity contribution in [3.05, 3.63) is 45.1 Å². The first-order valence-electron chi connectivity index (χ1n) is 4.47. The molecule has 3 nitrogen and oxygen atoms in total. The lowest BCUT2D eigenvalue weighted by atomic mass is 10.1. The topological polar surface area (TPSA) is 37.8 Å². The summed E-state index contributed by atoms with van der Waals surface area (Å²) in [5.41, 5.74) is 1.08. The van der Waals surface area contributed by atoms with Crippen molar-refractivity contribution in [3.8, 4) is 0 Å². The SMILES string of the molecule is CNC(c1cncnc1)c1cc(Br)cs1. The molecule has 0 saturated carbocycles. The molecule has 2 heterocycles. The van der Waals surface area contributed by atoms with E-state index in [1.54, 1.807) is 17.7 Å². The number of halogens is 1. The van der Waals surface area contributed by atoms with Gasteiger partial charge in [-0.05, 0) is 29.0 Å². The molecule has 0 saturated heterocycles. The second-order valence-electron chi connectivity index (χ2n) is 3.06. The van der Waals surface area contributed by atoms with Gasteiger partial charge in [0.25, 0.3) is 0 Å². The fourth-order valence-electron chi connectivity index (χ4n) is 1.41. The Morgan fingerprint density at radius 1 is 1.40 bits per heavy atom. The van der Waals surface area contributed by atoms with Gasteiger partial charge >= 0.3 is 0 Å². The third-order valence-corrected chi connectivity index (χ3v) is 3.83. The molecule has 0 aromatic carbocycles. The second kappa shape index (κ2) is 4.83. The molecule has 0 aliphatic rings. The molecular weight excluding hydrogens is 274 g/mol. The molecule has 0 bridgehead atoms. The van der Waals surface area contributed by atoms with Crippen LogP contribution >= 0.6 is 27.3 Å². The molecule has 0 spiro atoms. The van der Waals surface area contributed by atoms with Crippen LogP contribution in [0.4, 0.5) is 0 Å². The molecule has 1 atom stereocenters. The van der Waals surface area contributed by atoms with Crippen LogP contribution in [-0.2, 0) is 0 Å². The summed E-state index contributed by atoms with van der Waals surface area (Å²) in [5, 5.41) is 5.33. The van der Waals surface area contributed by atoms with Gasteiger partial charge in [0.1, 0.15) is 6.33 Å². The van der Waals surface area contributed by atoms with Gasteiger partial charge < -0.3 is 5.32 Å². The summed E-state index contributed by atoms with van der Waals surface area (Å²) >= 11 is 5.17. The van der Waals surface area contributed by atoms with Gasteiger partial charge in [-0.25, -0.2) is 9.97 Å². The highest BCUT2D eigenvalue weighted by Gasteiger charge is 2.14. The molecule has 2 aromatic rings. The van der Waals surface area contributed by atoms with Gasteiger partial charge in [-0.15, -0.1) is 11.3 Å². The molecule has 0 aliphatic heterocycles. The minimum Gasteiger partial charge on any atom is -0.309 e. The van der Waals surface area contributed by atoms with Crippen molar-refractivity contribution in [2.75, 3.05) is 7.05 Å². The van der Waals surface area contributed by atoms with E-state index in [2.05, 4.69) is 42.7 Å². The molecule has 0 fully saturated rings. The first kappa shape index (κ1) is 10.7. The van der Waals surface area contributed by atoms with E-state index < -0.39 is 0 Å². The third kappa shape index (κ3) is 2.42. The van der Waals surface area contributed by atoms with E-state index in [1.165, 1.54) is 4.88 Å². The van der Waals surface area contributed by atoms with Crippen molar-refractivity contribution in [1.29, 1.82) is 0 Å². The molecule has 2 aromatic heterocycles. The second-order valence-corrected chi connectivity index (χ2v) is 4.92. The van der Waals surface area contributed by atoms with E-state index in [4.69, 9.17) is 0 Å². The van der Waals surface area contributed by atoms with E-state index in [0.717, 1.165) is 10.0 Å². The Labute approximate surface area is 101 Å². The molecular formula is C10H10BrN3S. The molecule has 0 amide bonds. The maximum atomic E-state index is 4.03. The van der Waals surface area contributed by atoms with Crippen LogP contribution in [0.15, 0.2) is 34.6 Å². The molecule has 0 aliphatic carbocycles. The molecule has 1 unspecified atom stereocenters. The Morgan fingerprint density at radius 2 is 2.13 bits per heavy atom. The lowest BCUT2D eigenvalue weighted by Crippen LogP contribution is -2.16. The lowest BCUT2D eigenvalue weighted by molar-refractivity contribution is 0.696. The summed E-state index contributed by atoms with van der Waals surface area (Å²) < 4.78 is 1.11. The fourth-order valence-corrected chi connectivity index (χ4v) is 2.99. The van der Waals surface area contributed by atoms with Crippen LogP contribution in [0, 0.1) is 0 Å². The zero-order chi connectivity index (χ0) is 10.7. The summed E-state index contributed by atoms with van der Waals surface area (Å²) in [4.78, 5) is 9.30. The minimum absolute atomic E-state index is 0.169. The third-order valence-electron chi connectivity index (χ3n) is 2.07. The molecule has 1 N–H and O–H groups in total. The number of rotatable bonds is 3. The summed E-state index contributed by atoms with van der Waals surface area (Å²) in [6.07, 6.45) is 5.21. The normalized spacial score (nSPS) is 12.7. The summed E-state index contributed by atoms with van der Waals surface area (Å²) in [7, 11) is 1.94. The van der Waals surface area contributed by atoms with Crippen LogP contribution in [0.2, 0.25) is 0 Å². The number of aromatic nitrogens is 2. The standard InChI is InChI=1S/C10H10BrN3S/c1-12-10(7-3-13-6-14-4-7)9-2-8(11)5-15-9/h2-6,10,12H,1H3. The maximum absolute atomic E-state index is 4.03. The van der Waals surface area contributed by atoms with E-state index in [9.17, 15) is 0 Å². The van der Waals surface area contributed by atoms with Gasteiger partial charge in [0.05, 0.1) is 6.04 Å². The number of nitrogens with one attached hydrogen (secondary N) is 1. The first-order chi connectivity index (χ1) is 7.31. The lowest BCUT2D eigenvalue weighted by Gasteiger charge is -2.13. The average Bonchev–Trinajstić information content (AvgIpc) is 2.68. The minimum atomic E-state index is 0.169. The smallest absolute Gasteiger partial charge is 0.115 e. The van der Waals surface area contributed by atoms with E-state index in [0.29, 0.717) is 0 Å². The van der Waals surface area contributed by atoms with Crippen LogP contribution in [-0.4, -0.2) is 17.0 Å². The van der Waals surface area contributed by atoms with Crippen LogP contribution in [0.1, 0.15) is 16.5 Å². The van der Waals surface area contributed by atoms with Crippen LogP contribution in [0.5, 0.6) is 0 Å². The first-order valence-corrected chi connectivity index (χ1v) is 6.14. The number of hydrogen-bond donors (Lipinski definition) is 1. The summed E-state index contributed by atoms with van der Waals surface area (Å²) in [6, 6.07) is 2.28. The Balaban J connectivity index is 2.33. The average molecular weight is 284 g/mol. The van der Waals surface area contributed by atoms with Crippen LogP contribution in [0.3, 0.4) is 0 Å². The van der Waals surface area contributed by atoms with Crippen molar-refractivity contribution in [2.45, 2.75) is 6.04 Å². The highest BCUT2D eigenvalue weighted by molar-refractivity contribution is 9.10. The quantitative estimate of drug-likeness (QED) is 0.941. The van der Waals surface area contributed by atoms with E-state index in [1.807, 2.05) is 19.4 Å². The molecule has 0 radical (unpaired) electrons. The predicted molar refractivity (Wildman–Crippen MR) is 65.0 cm³/mol. The van der Waals surface area contributed by atoms with Crippen molar-refractivity contribution in [2.24, 2.45) is 0 Å². The van der Waals surface area contributed by atoms with Crippen molar-refractivity contribution < 1.29 is 0 Å². The zero-order valence-electron chi connectivity index (χ0n) is 8.14. The summed E-state index contributed by atoms with van der Waals surface area (Å²) in [5.74, 6) is 0. The monoisotopic (exact) mass is 283 g/mol. The Kier molecular flexibility index (Phi) is 3.45. The van der Waals surface area contributed by atoms with Crippen LogP contribution < -0.4 is 5.32 Å².